The number of benzene rings is 3. The largest absolute Gasteiger partial charge is 0.511 e. The Balaban J connectivity index is 1.48. The van der Waals surface area contributed by atoms with Crippen molar-refractivity contribution >= 4 is 38.9 Å². The maximum atomic E-state index is 13.1. The summed E-state index contributed by atoms with van der Waals surface area (Å²) in [7, 11) is -3.98. The van der Waals surface area contributed by atoms with Gasteiger partial charge in [0.05, 0.1) is 22.3 Å². The van der Waals surface area contributed by atoms with Gasteiger partial charge in [-0.05, 0) is 62.2 Å². The number of hydrogen-bond acceptors (Lipinski definition) is 8. The zero-order chi connectivity index (χ0) is 32.1. The minimum absolute atomic E-state index is 0.00595. The molecule has 11 nitrogen and oxygen atoms in total. The van der Waals surface area contributed by atoms with E-state index in [9.17, 15) is 31.2 Å². The zero-order valence-electron chi connectivity index (χ0n) is 23.5. The highest BCUT2D eigenvalue weighted by atomic mass is 32.2. The van der Waals surface area contributed by atoms with Gasteiger partial charge < -0.3 is 24.5 Å². The number of anilines is 1. The van der Waals surface area contributed by atoms with Crippen LogP contribution < -0.4 is 14.8 Å². The Morgan fingerprint density at radius 1 is 1.02 bits per heavy atom. The second-order valence-electron chi connectivity index (χ2n) is 10.4. The van der Waals surface area contributed by atoms with Gasteiger partial charge in [-0.25, -0.2) is 23.0 Å². The molecule has 44 heavy (non-hydrogen) atoms. The molecule has 4 rings (SSSR count). The van der Waals surface area contributed by atoms with E-state index in [0.717, 1.165) is 0 Å². The predicted molar refractivity (Wildman–Crippen MR) is 154 cm³/mol. The molecule has 1 aromatic heterocycles. The molecule has 0 amide bonds. The molecule has 1 heterocycles. The molecule has 0 fully saturated rings. The first-order valence-electron chi connectivity index (χ1n) is 13.2. The minimum Gasteiger partial charge on any atom is -0.449 e. The number of imidazole rings is 1. The summed E-state index contributed by atoms with van der Waals surface area (Å²) in [6.45, 7) is 3.85. The topological polar surface area (TPSA) is 149 Å². The normalized spacial score (nSPS) is 12.9. The third-order valence-corrected chi connectivity index (χ3v) is 7.98. The van der Waals surface area contributed by atoms with Crippen molar-refractivity contribution in [1.29, 1.82) is 0 Å². The van der Waals surface area contributed by atoms with Crippen molar-refractivity contribution in [3.8, 4) is 5.75 Å². The van der Waals surface area contributed by atoms with Gasteiger partial charge in [0.15, 0.2) is 0 Å². The van der Waals surface area contributed by atoms with Gasteiger partial charge in [-0.1, -0.05) is 30.3 Å². The molecular weight excluding hydrogens is 605 g/mol. The number of rotatable bonds is 12. The molecule has 3 N–H and O–H groups in total. The number of carbonyl (C=O) groups excluding carboxylic acids is 1. The van der Waals surface area contributed by atoms with Gasteiger partial charge in [0.2, 0.25) is 0 Å². The number of carbonyl (C=O) groups is 2. The lowest BCUT2D eigenvalue weighted by atomic mass is 9.99. The van der Waals surface area contributed by atoms with Crippen molar-refractivity contribution in [2.24, 2.45) is 0 Å². The molecule has 1 atom stereocenters. The van der Waals surface area contributed by atoms with Crippen molar-refractivity contribution in [3.05, 3.63) is 84.7 Å². The van der Waals surface area contributed by atoms with Crippen molar-refractivity contribution in [1.82, 2.24) is 14.9 Å². The Bertz CT molecular complexity index is 1740. The number of esters is 1. The highest BCUT2D eigenvalue weighted by Gasteiger charge is 2.42. The van der Waals surface area contributed by atoms with E-state index in [0.29, 0.717) is 24.0 Å². The summed E-state index contributed by atoms with van der Waals surface area (Å²) in [6, 6.07) is 17.8. The maximum Gasteiger partial charge on any atom is 0.511 e. The number of aromatic nitrogens is 2. The van der Waals surface area contributed by atoms with E-state index < -0.39 is 40.0 Å². The molecule has 0 unspecified atom stereocenters. The van der Waals surface area contributed by atoms with Gasteiger partial charge in [0.25, 0.3) is 10.0 Å². The van der Waals surface area contributed by atoms with Crippen LogP contribution in [0.1, 0.15) is 31.9 Å². The van der Waals surface area contributed by atoms with E-state index in [1.165, 1.54) is 48.5 Å². The van der Waals surface area contributed by atoms with Crippen molar-refractivity contribution in [3.63, 3.8) is 0 Å². The third kappa shape index (κ3) is 8.48. The summed E-state index contributed by atoms with van der Waals surface area (Å²) < 4.78 is 78.7. The number of ether oxygens (including phenoxy) is 2. The first-order valence-corrected chi connectivity index (χ1v) is 14.7. The lowest BCUT2D eigenvalue weighted by molar-refractivity contribution is -0.205. The molecule has 0 aliphatic heterocycles. The van der Waals surface area contributed by atoms with Crippen molar-refractivity contribution < 1.29 is 45.8 Å². The number of alkyl halides is 3. The summed E-state index contributed by atoms with van der Waals surface area (Å²) in [5.41, 5.74) is 0.752. The van der Waals surface area contributed by atoms with Crippen LogP contribution in [-0.2, 0) is 26.1 Å². The fourth-order valence-corrected chi connectivity index (χ4v) is 5.35. The Hall–Kier alpha value is -4.63. The SMILES string of the molecule is CC(C)(CCn1cnc2cc(OC(=O)O)ccc21)NC[C@H](OC(=O)C(F)(F)F)c1cccc(NS(=O)(=O)c2ccccc2)c1. The number of aryl methyl sites for hydroxylation is 1. The molecule has 0 saturated carbocycles. The van der Waals surface area contributed by atoms with Crippen molar-refractivity contribution in [2.75, 3.05) is 11.3 Å². The van der Waals surface area contributed by atoms with Gasteiger partial charge in [-0.3, -0.25) is 4.72 Å². The van der Waals surface area contributed by atoms with Crippen LogP contribution in [0.2, 0.25) is 0 Å². The maximum absolute atomic E-state index is 13.1. The zero-order valence-corrected chi connectivity index (χ0v) is 24.4. The molecule has 3 aromatic carbocycles. The lowest BCUT2D eigenvalue weighted by Crippen LogP contribution is -2.43. The van der Waals surface area contributed by atoms with Gasteiger partial charge >= 0.3 is 18.3 Å². The van der Waals surface area contributed by atoms with Crippen LogP contribution in [0.5, 0.6) is 5.75 Å². The standard InChI is InChI=1S/C29H29F3N4O7S/c1-28(2,13-14-36-18-33-23-16-21(42-27(38)39)11-12-24(23)36)34-17-25(43-26(37)29(30,31)32)19-7-6-8-20(15-19)35-44(40,41)22-9-4-3-5-10-22/h3-12,15-16,18,25,34-35H,13-14,17H2,1-2H3,(H,38,39)/t25-/m0/s1. The Labute approximate surface area is 250 Å². The summed E-state index contributed by atoms with van der Waals surface area (Å²) in [5.74, 6) is -2.26. The fraction of sp³-hybridized carbons (Fsp3) is 0.276. The minimum atomic E-state index is -5.24. The second-order valence-corrected chi connectivity index (χ2v) is 12.1. The first kappa shape index (κ1) is 32.3. The lowest BCUT2D eigenvalue weighted by Gasteiger charge is -2.30. The van der Waals surface area contributed by atoms with Crippen LogP contribution in [0, 0.1) is 0 Å². The Morgan fingerprint density at radius 3 is 2.43 bits per heavy atom. The molecule has 0 spiro atoms. The van der Waals surface area contributed by atoms with Crippen LogP contribution >= 0.6 is 0 Å². The molecule has 0 saturated heterocycles. The average Bonchev–Trinajstić information content (AvgIpc) is 3.36. The van der Waals surface area contributed by atoms with E-state index in [1.54, 1.807) is 30.6 Å². The molecule has 234 valence electrons. The number of nitrogens with zero attached hydrogens (tertiary/aromatic N) is 2. The monoisotopic (exact) mass is 634 g/mol. The second kappa shape index (κ2) is 12.9. The molecule has 0 radical (unpaired) electrons. The summed E-state index contributed by atoms with van der Waals surface area (Å²) >= 11 is 0. The molecule has 15 heteroatoms. The van der Waals surface area contributed by atoms with E-state index in [1.807, 2.05) is 18.4 Å². The van der Waals surface area contributed by atoms with Crippen LogP contribution in [0.25, 0.3) is 11.0 Å². The third-order valence-electron chi connectivity index (χ3n) is 6.59. The Morgan fingerprint density at radius 2 is 1.75 bits per heavy atom. The predicted octanol–water partition coefficient (Wildman–Crippen LogP) is 5.50. The number of carboxylic acid groups (broad SMARTS) is 1. The van der Waals surface area contributed by atoms with Gasteiger partial charge in [0, 0.05) is 30.4 Å². The molecule has 0 bridgehead atoms. The molecule has 0 aliphatic rings. The average molecular weight is 635 g/mol. The summed E-state index contributed by atoms with van der Waals surface area (Å²) in [5, 5.41) is 12.0. The summed E-state index contributed by atoms with van der Waals surface area (Å²) in [4.78, 5) is 26.9. The Kier molecular flexibility index (Phi) is 9.49. The number of nitrogens with one attached hydrogen (secondary N) is 2. The number of fused-ring (bicyclic) bond motifs is 1. The molecule has 4 aromatic rings. The van der Waals surface area contributed by atoms with Crippen LogP contribution in [0.15, 0.2) is 84.0 Å². The van der Waals surface area contributed by atoms with Gasteiger partial charge in [0.1, 0.15) is 11.9 Å². The quantitative estimate of drug-likeness (QED) is 0.136. The van der Waals surface area contributed by atoms with Crippen molar-refractivity contribution in [2.45, 2.75) is 49.5 Å². The van der Waals surface area contributed by atoms with E-state index >= 15 is 0 Å². The van der Waals surface area contributed by atoms with Crippen LogP contribution in [0.3, 0.4) is 0 Å². The number of sulfonamides is 1. The van der Waals surface area contributed by atoms with E-state index in [-0.39, 0.29) is 28.4 Å². The van der Waals surface area contributed by atoms with E-state index in [4.69, 9.17) is 9.84 Å². The first-order chi connectivity index (χ1) is 20.6. The summed E-state index contributed by atoms with van der Waals surface area (Å²) in [6.07, 6.45) is -6.07. The van der Waals surface area contributed by atoms with Crippen LogP contribution in [-0.4, -0.2) is 53.5 Å². The highest BCUT2D eigenvalue weighted by molar-refractivity contribution is 7.92. The number of halogens is 3. The fourth-order valence-electron chi connectivity index (χ4n) is 4.28. The molecule has 0 aliphatic carbocycles. The van der Waals surface area contributed by atoms with Crippen LogP contribution in [0.4, 0.5) is 23.7 Å². The molecular formula is C29H29F3N4O7S. The van der Waals surface area contributed by atoms with E-state index in [2.05, 4.69) is 19.8 Å². The van der Waals surface area contributed by atoms with Gasteiger partial charge in [-0.2, -0.15) is 13.2 Å². The number of hydrogen-bond donors (Lipinski definition) is 3. The smallest absolute Gasteiger partial charge is 0.449 e. The van der Waals surface area contributed by atoms with Gasteiger partial charge in [-0.15, -0.1) is 0 Å². The highest BCUT2D eigenvalue weighted by Crippen LogP contribution is 2.28.